The first-order valence-corrected chi connectivity index (χ1v) is 8.85. The number of amides is 1. The number of methoxy groups -OCH3 is 1. The molecule has 7 nitrogen and oxygen atoms in total. The molecule has 0 aliphatic carbocycles. The number of anilines is 1. The van der Waals surface area contributed by atoms with Crippen LogP contribution in [0.5, 0.6) is 0 Å². The third-order valence-electron chi connectivity index (χ3n) is 4.25. The van der Waals surface area contributed by atoms with Crippen LogP contribution in [0.25, 0.3) is 0 Å². The molecule has 1 aliphatic rings. The molecule has 1 amide bonds. The summed E-state index contributed by atoms with van der Waals surface area (Å²) in [7, 11) is 4.93. The van der Waals surface area contributed by atoms with Crippen LogP contribution in [0, 0.1) is 11.6 Å². The number of likely N-dealkylation sites (N-methyl/N-ethyl adjacent to an activating group) is 1. The van der Waals surface area contributed by atoms with Gasteiger partial charge in [0.05, 0.1) is 6.61 Å². The summed E-state index contributed by atoms with van der Waals surface area (Å²) in [6.07, 6.45) is 0.695. The largest absolute Gasteiger partial charge is 0.383 e. The van der Waals surface area contributed by atoms with Crippen LogP contribution < -0.4 is 15.5 Å². The summed E-state index contributed by atoms with van der Waals surface area (Å²) < 4.78 is 33.0. The van der Waals surface area contributed by atoms with Gasteiger partial charge < -0.3 is 25.2 Å². The maximum Gasteiger partial charge on any atom is 0.243 e. The van der Waals surface area contributed by atoms with E-state index < -0.39 is 11.6 Å². The average molecular weight is 383 g/mol. The fourth-order valence-corrected chi connectivity index (χ4v) is 2.78. The maximum absolute atomic E-state index is 14.0. The number of halogens is 2. The zero-order valence-corrected chi connectivity index (χ0v) is 16.0. The molecule has 1 unspecified atom stereocenters. The van der Waals surface area contributed by atoms with E-state index in [1.54, 1.807) is 26.1 Å². The van der Waals surface area contributed by atoms with Gasteiger partial charge in [-0.05, 0) is 18.6 Å². The van der Waals surface area contributed by atoms with Gasteiger partial charge in [0.2, 0.25) is 5.91 Å². The van der Waals surface area contributed by atoms with Crippen molar-refractivity contribution in [1.29, 1.82) is 0 Å². The minimum Gasteiger partial charge on any atom is -0.383 e. The Kier molecular flexibility index (Phi) is 7.78. The van der Waals surface area contributed by atoms with Crippen LogP contribution in [0.1, 0.15) is 6.42 Å². The van der Waals surface area contributed by atoms with E-state index in [0.717, 1.165) is 0 Å². The van der Waals surface area contributed by atoms with Gasteiger partial charge in [-0.25, -0.2) is 13.8 Å². The molecule has 1 fully saturated rings. The van der Waals surface area contributed by atoms with Gasteiger partial charge in [0.15, 0.2) is 5.96 Å². The third-order valence-corrected chi connectivity index (χ3v) is 4.25. The second kappa shape index (κ2) is 10.1. The standard InChI is InChI=1S/C18H27F2N5O2/c1-24(2)16(26)11-22-18(21-8-10-27-3)23-13-7-9-25(12-13)17-14(19)5-4-6-15(17)20/h4-6,13H,7-12H2,1-3H3,(H2,21,22,23). The van der Waals surface area contributed by atoms with Crippen molar-refractivity contribution in [2.24, 2.45) is 4.99 Å². The van der Waals surface area contributed by atoms with Crippen LogP contribution in [0.3, 0.4) is 0 Å². The number of nitrogens with one attached hydrogen (secondary N) is 2. The maximum atomic E-state index is 14.0. The van der Waals surface area contributed by atoms with Gasteiger partial charge in [0.25, 0.3) is 0 Å². The van der Waals surface area contributed by atoms with Gasteiger partial charge in [-0.2, -0.15) is 0 Å². The average Bonchev–Trinajstić information content (AvgIpc) is 3.07. The Morgan fingerprint density at radius 3 is 2.70 bits per heavy atom. The Balaban J connectivity index is 2.00. The topological polar surface area (TPSA) is 69.2 Å². The zero-order valence-electron chi connectivity index (χ0n) is 16.0. The number of rotatable bonds is 7. The number of nitrogens with zero attached hydrogens (tertiary/aromatic N) is 3. The van der Waals surface area contributed by atoms with Crippen molar-refractivity contribution in [3.05, 3.63) is 29.8 Å². The van der Waals surface area contributed by atoms with Crippen molar-refractivity contribution in [1.82, 2.24) is 15.5 Å². The van der Waals surface area contributed by atoms with E-state index in [4.69, 9.17) is 4.74 Å². The molecular weight excluding hydrogens is 356 g/mol. The Hall–Kier alpha value is -2.42. The van der Waals surface area contributed by atoms with Crippen LogP contribution in [-0.4, -0.2) is 76.8 Å². The van der Waals surface area contributed by atoms with Gasteiger partial charge in [0.1, 0.15) is 23.9 Å². The molecule has 0 saturated carbocycles. The number of ether oxygens (including phenoxy) is 1. The smallest absolute Gasteiger partial charge is 0.243 e. The van der Waals surface area contributed by atoms with Crippen LogP contribution in [0.4, 0.5) is 14.5 Å². The lowest BCUT2D eigenvalue weighted by Gasteiger charge is -2.21. The number of aliphatic imine (C=N–C) groups is 1. The second-order valence-electron chi connectivity index (χ2n) is 6.52. The first-order chi connectivity index (χ1) is 12.9. The summed E-state index contributed by atoms with van der Waals surface area (Å²) in [6, 6.07) is 3.81. The van der Waals surface area contributed by atoms with Gasteiger partial charge in [-0.1, -0.05) is 6.07 Å². The molecule has 0 radical (unpaired) electrons. The molecule has 1 aliphatic heterocycles. The van der Waals surface area contributed by atoms with Gasteiger partial charge in [-0.15, -0.1) is 0 Å². The molecule has 0 bridgehead atoms. The number of para-hydroxylation sites is 1. The highest BCUT2D eigenvalue weighted by atomic mass is 19.1. The quantitative estimate of drug-likeness (QED) is 0.414. The SMILES string of the molecule is COCCNC(=NCC(=O)N(C)C)NC1CCN(c2c(F)cccc2F)C1. The van der Waals surface area contributed by atoms with E-state index in [2.05, 4.69) is 15.6 Å². The Morgan fingerprint density at radius 1 is 1.37 bits per heavy atom. The zero-order chi connectivity index (χ0) is 19.8. The first-order valence-electron chi connectivity index (χ1n) is 8.85. The lowest BCUT2D eigenvalue weighted by Crippen LogP contribution is -2.46. The lowest BCUT2D eigenvalue weighted by molar-refractivity contribution is -0.127. The molecule has 1 saturated heterocycles. The van der Waals surface area contributed by atoms with Crippen LogP contribution in [-0.2, 0) is 9.53 Å². The molecule has 0 aromatic heterocycles. The Labute approximate surface area is 158 Å². The van der Waals surface area contributed by atoms with Crippen molar-refractivity contribution in [2.45, 2.75) is 12.5 Å². The highest BCUT2D eigenvalue weighted by Gasteiger charge is 2.27. The summed E-state index contributed by atoms with van der Waals surface area (Å²) in [5, 5.41) is 6.33. The van der Waals surface area contributed by atoms with Crippen LogP contribution >= 0.6 is 0 Å². The predicted octanol–water partition coefficient (Wildman–Crippen LogP) is 0.813. The van der Waals surface area contributed by atoms with Gasteiger partial charge >= 0.3 is 0 Å². The highest BCUT2D eigenvalue weighted by molar-refractivity contribution is 5.85. The van der Waals surface area contributed by atoms with E-state index in [1.807, 2.05) is 0 Å². The van der Waals surface area contributed by atoms with Crippen LogP contribution in [0.2, 0.25) is 0 Å². The minimum absolute atomic E-state index is 0.00424. The minimum atomic E-state index is -0.570. The van der Waals surface area contributed by atoms with E-state index in [9.17, 15) is 13.6 Å². The number of carbonyl (C=O) groups is 1. The Bertz CT molecular complexity index is 649. The summed E-state index contributed by atoms with van der Waals surface area (Å²) in [5.41, 5.74) is -0.00424. The monoisotopic (exact) mass is 383 g/mol. The molecule has 2 rings (SSSR count). The van der Waals surface area contributed by atoms with Crippen molar-refractivity contribution in [2.75, 3.05) is 58.9 Å². The molecule has 1 atom stereocenters. The number of guanidine groups is 1. The molecule has 9 heteroatoms. The van der Waals surface area contributed by atoms with Crippen molar-refractivity contribution < 1.29 is 18.3 Å². The fraction of sp³-hybridized carbons (Fsp3) is 0.556. The molecule has 27 heavy (non-hydrogen) atoms. The molecular formula is C18H27F2N5O2. The van der Waals surface area contributed by atoms with E-state index >= 15 is 0 Å². The van der Waals surface area contributed by atoms with Crippen molar-refractivity contribution in [3.8, 4) is 0 Å². The van der Waals surface area contributed by atoms with E-state index in [-0.39, 0.29) is 24.2 Å². The summed E-state index contributed by atoms with van der Waals surface area (Å²) in [6.45, 7) is 1.98. The molecule has 1 heterocycles. The Morgan fingerprint density at radius 2 is 2.07 bits per heavy atom. The summed E-state index contributed by atoms with van der Waals surface area (Å²) in [5.74, 6) is -0.786. The molecule has 1 aromatic carbocycles. The predicted molar refractivity (Wildman–Crippen MR) is 101 cm³/mol. The number of carbonyl (C=O) groups excluding carboxylic acids is 1. The molecule has 150 valence electrons. The highest BCUT2D eigenvalue weighted by Crippen LogP contribution is 2.26. The summed E-state index contributed by atoms with van der Waals surface area (Å²) in [4.78, 5) is 19.2. The fourth-order valence-electron chi connectivity index (χ4n) is 2.78. The van der Waals surface area contributed by atoms with Gasteiger partial charge in [-0.3, -0.25) is 4.79 Å². The normalized spacial score (nSPS) is 17.1. The molecule has 0 spiro atoms. The lowest BCUT2D eigenvalue weighted by atomic mass is 10.2. The number of hydrogen-bond acceptors (Lipinski definition) is 4. The third kappa shape index (κ3) is 6.06. The van der Waals surface area contributed by atoms with E-state index in [0.29, 0.717) is 38.6 Å². The van der Waals surface area contributed by atoms with E-state index in [1.165, 1.54) is 23.1 Å². The first kappa shape index (κ1) is 20.9. The van der Waals surface area contributed by atoms with Crippen molar-refractivity contribution >= 4 is 17.6 Å². The number of hydrogen-bond donors (Lipinski definition) is 2. The number of benzene rings is 1. The summed E-state index contributed by atoms with van der Waals surface area (Å²) >= 11 is 0. The van der Waals surface area contributed by atoms with Gasteiger partial charge in [0, 0.05) is 46.9 Å². The van der Waals surface area contributed by atoms with Crippen LogP contribution in [0.15, 0.2) is 23.2 Å². The molecule has 1 aromatic rings. The van der Waals surface area contributed by atoms with Crippen molar-refractivity contribution in [3.63, 3.8) is 0 Å². The molecule has 2 N–H and O–H groups in total. The second-order valence-corrected chi connectivity index (χ2v) is 6.52.